The summed E-state index contributed by atoms with van der Waals surface area (Å²) in [4.78, 5) is 16.9. The molecule has 1 aromatic heterocycles. The lowest BCUT2D eigenvalue weighted by Crippen LogP contribution is -2.35. The van der Waals surface area contributed by atoms with Crippen molar-refractivity contribution in [1.82, 2.24) is 24.4 Å². The third-order valence-electron chi connectivity index (χ3n) is 5.48. The molecule has 0 saturated carbocycles. The van der Waals surface area contributed by atoms with Crippen molar-refractivity contribution in [3.63, 3.8) is 0 Å². The predicted molar refractivity (Wildman–Crippen MR) is 116 cm³/mol. The first-order valence-electron chi connectivity index (χ1n) is 10.3. The van der Waals surface area contributed by atoms with Gasteiger partial charge in [0.1, 0.15) is 12.7 Å². The van der Waals surface area contributed by atoms with Crippen molar-refractivity contribution in [2.45, 2.75) is 37.6 Å². The van der Waals surface area contributed by atoms with Gasteiger partial charge in [0.15, 0.2) is 0 Å². The van der Waals surface area contributed by atoms with E-state index in [1.165, 1.54) is 16.7 Å². The minimum absolute atomic E-state index is 0.169. The fourth-order valence-corrected chi connectivity index (χ4v) is 5.19. The largest absolute Gasteiger partial charge is 0.348 e. The summed E-state index contributed by atoms with van der Waals surface area (Å²) in [5, 5.41) is 6.97. The van der Waals surface area contributed by atoms with Gasteiger partial charge in [-0.1, -0.05) is 24.6 Å². The standard InChI is InChI=1S/C22H25N5O3S/c1-17-5-10-20(31(29,30)26-11-3-2-4-12-26)13-21(17)22(28)24-14-18-6-8-19(9-7-18)27-16-23-15-25-27/h5-10,13,15-16H,2-4,11-12,14H2,1H3,(H,24,28). The molecule has 1 saturated heterocycles. The molecule has 1 aliphatic heterocycles. The monoisotopic (exact) mass is 439 g/mol. The van der Waals surface area contributed by atoms with Crippen LogP contribution in [0.25, 0.3) is 5.69 Å². The Kier molecular flexibility index (Phi) is 6.15. The molecule has 8 nitrogen and oxygen atoms in total. The lowest BCUT2D eigenvalue weighted by molar-refractivity contribution is 0.0950. The molecule has 0 spiro atoms. The maximum absolute atomic E-state index is 13.0. The second-order valence-electron chi connectivity index (χ2n) is 7.63. The lowest BCUT2D eigenvalue weighted by atomic mass is 10.1. The Labute approximate surface area is 182 Å². The summed E-state index contributed by atoms with van der Waals surface area (Å²) in [6, 6.07) is 12.4. The molecular weight excluding hydrogens is 414 g/mol. The summed E-state index contributed by atoms with van der Waals surface area (Å²) in [5.74, 6) is -0.298. The number of carbonyl (C=O) groups excluding carboxylic acids is 1. The number of sulfonamides is 1. The van der Waals surface area contributed by atoms with E-state index in [4.69, 9.17) is 0 Å². The molecule has 162 valence electrons. The van der Waals surface area contributed by atoms with Gasteiger partial charge < -0.3 is 5.32 Å². The molecule has 0 bridgehead atoms. The van der Waals surface area contributed by atoms with E-state index in [-0.39, 0.29) is 10.8 Å². The van der Waals surface area contributed by atoms with Crippen molar-refractivity contribution in [3.8, 4) is 5.69 Å². The normalized spacial score (nSPS) is 15.0. The second kappa shape index (κ2) is 8.99. The van der Waals surface area contributed by atoms with Crippen LogP contribution in [-0.2, 0) is 16.6 Å². The van der Waals surface area contributed by atoms with Crippen LogP contribution >= 0.6 is 0 Å². The smallest absolute Gasteiger partial charge is 0.251 e. The van der Waals surface area contributed by atoms with Crippen LogP contribution in [0.3, 0.4) is 0 Å². The first-order valence-corrected chi connectivity index (χ1v) is 11.7. The summed E-state index contributed by atoms with van der Waals surface area (Å²) >= 11 is 0. The highest BCUT2D eigenvalue weighted by molar-refractivity contribution is 7.89. The third kappa shape index (κ3) is 4.67. The molecule has 0 radical (unpaired) electrons. The third-order valence-corrected chi connectivity index (χ3v) is 7.37. The topological polar surface area (TPSA) is 97.2 Å². The zero-order valence-electron chi connectivity index (χ0n) is 17.4. The Hall–Kier alpha value is -3.04. The predicted octanol–water partition coefficient (Wildman–Crippen LogP) is 2.68. The van der Waals surface area contributed by atoms with E-state index in [2.05, 4.69) is 15.4 Å². The van der Waals surface area contributed by atoms with Crippen LogP contribution in [0.5, 0.6) is 0 Å². The van der Waals surface area contributed by atoms with Gasteiger partial charge >= 0.3 is 0 Å². The molecule has 0 aliphatic carbocycles. The number of hydrogen-bond donors (Lipinski definition) is 1. The molecule has 2 aromatic carbocycles. The summed E-state index contributed by atoms with van der Waals surface area (Å²) in [7, 11) is -3.59. The van der Waals surface area contributed by atoms with Crippen LogP contribution < -0.4 is 5.32 Å². The van der Waals surface area contributed by atoms with E-state index in [0.717, 1.165) is 36.1 Å². The number of aryl methyl sites for hydroxylation is 1. The lowest BCUT2D eigenvalue weighted by Gasteiger charge is -2.26. The number of amides is 1. The summed E-state index contributed by atoms with van der Waals surface area (Å²) < 4.78 is 29.1. The first kappa shape index (κ1) is 21.2. The molecule has 3 aromatic rings. The van der Waals surface area contributed by atoms with Gasteiger partial charge in [-0.2, -0.15) is 9.40 Å². The van der Waals surface area contributed by atoms with Crippen molar-refractivity contribution in [2.24, 2.45) is 0 Å². The zero-order chi connectivity index (χ0) is 21.8. The fraction of sp³-hybridized carbons (Fsp3) is 0.318. The molecule has 9 heteroatoms. The summed E-state index contributed by atoms with van der Waals surface area (Å²) in [6.07, 6.45) is 5.87. The van der Waals surface area contributed by atoms with Crippen molar-refractivity contribution in [2.75, 3.05) is 13.1 Å². The Bertz CT molecular complexity index is 1150. The maximum Gasteiger partial charge on any atom is 0.251 e. The number of benzene rings is 2. The van der Waals surface area contributed by atoms with Gasteiger partial charge in [0.25, 0.3) is 5.91 Å². The van der Waals surface area contributed by atoms with Crippen LogP contribution in [0.4, 0.5) is 0 Å². The Morgan fingerprint density at radius 1 is 1.06 bits per heavy atom. The van der Waals surface area contributed by atoms with Crippen LogP contribution in [-0.4, -0.2) is 46.5 Å². The van der Waals surface area contributed by atoms with Gasteiger partial charge in [0, 0.05) is 25.2 Å². The highest BCUT2D eigenvalue weighted by atomic mass is 32.2. The average molecular weight is 440 g/mol. The van der Waals surface area contributed by atoms with Crippen molar-refractivity contribution >= 4 is 15.9 Å². The van der Waals surface area contributed by atoms with Gasteiger partial charge in [-0.05, 0) is 55.2 Å². The van der Waals surface area contributed by atoms with Gasteiger partial charge in [0.05, 0.1) is 10.6 Å². The summed E-state index contributed by atoms with van der Waals surface area (Å²) in [5.41, 5.74) is 2.90. The molecular formula is C22H25N5O3S. The van der Waals surface area contributed by atoms with Crippen LogP contribution in [0, 0.1) is 6.92 Å². The van der Waals surface area contributed by atoms with Gasteiger partial charge in [-0.25, -0.2) is 18.1 Å². The van der Waals surface area contributed by atoms with E-state index in [9.17, 15) is 13.2 Å². The number of rotatable bonds is 6. The van der Waals surface area contributed by atoms with Gasteiger partial charge in [-0.15, -0.1) is 0 Å². The number of aromatic nitrogens is 3. The second-order valence-corrected chi connectivity index (χ2v) is 9.57. The van der Waals surface area contributed by atoms with Crippen LogP contribution in [0.15, 0.2) is 60.0 Å². The van der Waals surface area contributed by atoms with E-state index >= 15 is 0 Å². The number of piperidine rings is 1. The van der Waals surface area contributed by atoms with E-state index in [1.807, 2.05) is 24.3 Å². The molecule has 0 unspecified atom stereocenters. The molecule has 0 atom stereocenters. The Morgan fingerprint density at radius 3 is 2.48 bits per heavy atom. The van der Waals surface area contributed by atoms with Crippen LogP contribution in [0.1, 0.15) is 40.7 Å². The average Bonchev–Trinajstić information content (AvgIpc) is 3.33. The minimum Gasteiger partial charge on any atom is -0.348 e. The SMILES string of the molecule is Cc1ccc(S(=O)(=O)N2CCCCC2)cc1C(=O)NCc1ccc(-n2cncn2)cc1. The van der Waals surface area contributed by atoms with Crippen molar-refractivity contribution in [3.05, 3.63) is 71.8 Å². The summed E-state index contributed by atoms with van der Waals surface area (Å²) in [6.45, 7) is 3.20. The van der Waals surface area contributed by atoms with E-state index in [0.29, 0.717) is 25.2 Å². The number of nitrogens with zero attached hydrogens (tertiary/aromatic N) is 4. The molecule has 4 rings (SSSR count). The fourth-order valence-electron chi connectivity index (χ4n) is 3.65. The molecule has 31 heavy (non-hydrogen) atoms. The molecule has 1 N–H and O–H groups in total. The molecule has 1 fully saturated rings. The number of nitrogens with one attached hydrogen (secondary N) is 1. The highest BCUT2D eigenvalue weighted by Crippen LogP contribution is 2.23. The van der Waals surface area contributed by atoms with E-state index in [1.54, 1.807) is 30.1 Å². The molecule has 1 aliphatic rings. The first-order chi connectivity index (χ1) is 14.9. The highest BCUT2D eigenvalue weighted by Gasteiger charge is 2.27. The maximum atomic E-state index is 13.0. The van der Waals surface area contributed by atoms with Gasteiger partial charge in [0.2, 0.25) is 10.0 Å². The minimum atomic E-state index is -3.59. The van der Waals surface area contributed by atoms with Crippen molar-refractivity contribution < 1.29 is 13.2 Å². The number of hydrogen-bond acceptors (Lipinski definition) is 5. The zero-order valence-corrected chi connectivity index (χ0v) is 18.2. The van der Waals surface area contributed by atoms with Crippen molar-refractivity contribution in [1.29, 1.82) is 0 Å². The molecule has 2 heterocycles. The van der Waals surface area contributed by atoms with Crippen LogP contribution in [0.2, 0.25) is 0 Å². The van der Waals surface area contributed by atoms with E-state index < -0.39 is 10.0 Å². The Balaban J connectivity index is 1.46. The molecule has 1 amide bonds. The quantitative estimate of drug-likeness (QED) is 0.637. The number of carbonyl (C=O) groups is 1. The Morgan fingerprint density at radius 2 is 1.81 bits per heavy atom. The van der Waals surface area contributed by atoms with Gasteiger partial charge in [-0.3, -0.25) is 4.79 Å².